The first-order chi connectivity index (χ1) is 6.42. The van der Waals surface area contributed by atoms with Gasteiger partial charge in [-0.3, -0.25) is 0 Å². The molecule has 6 heteroatoms. The van der Waals surface area contributed by atoms with Crippen molar-refractivity contribution in [2.45, 2.75) is 44.2 Å². The summed E-state index contributed by atoms with van der Waals surface area (Å²) in [5.74, 6) is 1.04. The Bertz CT molecular complexity index is 340. The summed E-state index contributed by atoms with van der Waals surface area (Å²) in [6.45, 7) is 3.66. The fourth-order valence-corrected chi connectivity index (χ4v) is 1.47. The predicted molar refractivity (Wildman–Crippen MR) is 58.5 cm³/mol. The van der Waals surface area contributed by atoms with Gasteiger partial charge in [0.15, 0.2) is 5.82 Å². The Balaban J connectivity index is 0.00000112. The third-order valence-corrected chi connectivity index (χ3v) is 2.67. The Morgan fingerprint density at radius 2 is 2.00 bits per heavy atom. The number of nitrogens with zero attached hydrogens (tertiary/aromatic N) is 2. The summed E-state index contributed by atoms with van der Waals surface area (Å²) in [6, 6.07) is 0. The third-order valence-electron chi connectivity index (χ3n) is 2.67. The summed E-state index contributed by atoms with van der Waals surface area (Å²) >= 11 is 0. The molecule has 0 radical (unpaired) electrons. The van der Waals surface area contributed by atoms with Crippen LogP contribution >= 0.6 is 12.4 Å². The molecule has 4 N–H and O–H groups in total. The van der Waals surface area contributed by atoms with E-state index in [0.717, 1.165) is 19.3 Å². The number of nitrogens with two attached hydrogens (primary N) is 2. The van der Waals surface area contributed by atoms with Gasteiger partial charge in [-0.25, -0.2) is 0 Å². The molecule has 0 unspecified atom stereocenters. The van der Waals surface area contributed by atoms with Gasteiger partial charge in [0.2, 0.25) is 5.89 Å². The van der Waals surface area contributed by atoms with Crippen LogP contribution in [0.15, 0.2) is 4.52 Å². The van der Waals surface area contributed by atoms with E-state index in [1.165, 1.54) is 0 Å². The van der Waals surface area contributed by atoms with Gasteiger partial charge in [-0.15, -0.1) is 12.4 Å². The minimum atomic E-state index is -0.592. The maximum absolute atomic E-state index is 6.05. The second-order valence-corrected chi connectivity index (χ2v) is 4.65. The van der Waals surface area contributed by atoms with Crippen LogP contribution in [0.25, 0.3) is 0 Å². The van der Waals surface area contributed by atoms with E-state index in [1.54, 1.807) is 0 Å². The molecule has 1 heterocycles. The van der Waals surface area contributed by atoms with E-state index in [-0.39, 0.29) is 17.9 Å². The van der Waals surface area contributed by atoms with Crippen molar-refractivity contribution in [3.05, 3.63) is 11.7 Å². The molecule has 15 heavy (non-hydrogen) atoms. The van der Waals surface area contributed by atoms with Crippen LogP contribution in [0.5, 0.6) is 0 Å². The summed E-state index contributed by atoms with van der Waals surface area (Å²) in [5, 5.41) is 3.89. The van der Waals surface area contributed by atoms with E-state index in [2.05, 4.69) is 10.1 Å². The lowest BCUT2D eigenvalue weighted by Crippen LogP contribution is -2.44. The van der Waals surface area contributed by atoms with Crippen LogP contribution in [0.2, 0.25) is 0 Å². The number of aromatic nitrogens is 2. The molecule has 1 saturated carbocycles. The van der Waals surface area contributed by atoms with Crippen molar-refractivity contribution in [2.24, 2.45) is 11.5 Å². The third kappa shape index (κ3) is 2.14. The quantitative estimate of drug-likeness (QED) is 0.795. The Kier molecular flexibility index (Phi) is 3.09. The summed E-state index contributed by atoms with van der Waals surface area (Å²) < 4.78 is 5.09. The minimum absolute atomic E-state index is 0. The van der Waals surface area contributed by atoms with Crippen molar-refractivity contribution >= 4 is 12.4 Å². The topological polar surface area (TPSA) is 91.0 Å². The molecule has 1 aromatic rings. The van der Waals surface area contributed by atoms with Crippen molar-refractivity contribution in [1.82, 2.24) is 10.1 Å². The van der Waals surface area contributed by atoms with Crippen molar-refractivity contribution in [2.75, 3.05) is 0 Å². The lowest BCUT2D eigenvalue weighted by atomic mass is 9.77. The van der Waals surface area contributed by atoms with E-state index >= 15 is 0 Å². The molecule has 0 amide bonds. The molecule has 0 aromatic carbocycles. The highest BCUT2D eigenvalue weighted by atomic mass is 35.5. The van der Waals surface area contributed by atoms with E-state index in [4.69, 9.17) is 16.0 Å². The predicted octanol–water partition coefficient (Wildman–Crippen LogP) is 1.02. The molecule has 0 spiro atoms. The Labute approximate surface area is 95.0 Å². The van der Waals surface area contributed by atoms with Gasteiger partial charge in [-0.05, 0) is 33.1 Å². The van der Waals surface area contributed by atoms with Gasteiger partial charge in [0.1, 0.15) is 0 Å². The fraction of sp³-hybridized carbons (Fsp3) is 0.778. The van der Waals surface area contributed by atoms with Crippen LogP contribution in [0.1, 0.15) is 44.8 Å². The first kappa shape index (κ1) is 12.4. The molecule has 0 aliphatic heterocycles. The van der Waals surface area contributed by atoms with Crippen molar-refractivity contribution in [1.29, 1.82) is 0 Å². The zero-order valence-corrected chi connectivity index (χ0v) is 9.80. The maximum atomic E-state index is 6.05. The summed E-state index contributed by atoms with van der Waals surface area (Å²) in [5.41, 5.74) is 10.9. The molecule has 86 valence electrons. The molecular weight excluding hydrogens is 216 g/mol. The molecule has 2 rings (SSSR count). The second-order valence-electron chi connectivity index (χ2n) is 4.65. The fourth-order valence-electron chi connectivity index (χ4n) is 1.47. The number of halogens is 1. The highest BCUT2D eigenvalue weighted by molar-refractivity contribution is 5.85. The maximum Gasteiger partial charge on any atom is 0.246 e. The van der Waals surface area contributed by atoms with Gasteiger partial charge in [0, 0.05) is 0 Å². The van der Waals surface area contributed by atoms with Gasteiger partial charge in [0.25, 0.3) is 0 Å². The standard InChI is InChI=1S/C9H16N4O.ClH/c1-8(2,10)7-12-6(13-14-7)9(11)4-3-5-9;/h3-5,10-11H2,1-2H3;1H. The SMILES string of the molecule is CC(C)(N)c1nc(C2(N)CCC2)no1.Cl. The van der Waals surface area contributed by atoms with E-state index < -0.39 is 5.54 Å². The molecule has 0 bridgehead atoms. The van der Waals surface area contributed by atoms with Crippen LogP contribution in [-0.4, -0.2) is 10.1 Å². The zero-order valence-electron chi connectivity index (χ0n) is 8.99. The minimum Gasteiger partial charge on any atom is -0.337 e. The number of rotatable bonds is 2. The summed E-state index contributed by atoms with van der Waals surface area (Å²) in [7, 11) is 0. The molecule has 1 aromatic heterocycles. The molecule has 0 atom stereocenters. The first-order valence-electron chi connectivity index (χ1n) is 4.84. The Hall–Kier alpha value is -0.650. The normalized spacial score (nSPS) is 19.2. The first-order valence-corrected chi connectivity index (χ1v) is 4.84. The molecule has 1 aliphatic rings. The Morgan fingerprint density at radius 3 is 2.33 bits per heavy atom. The lowest BCUT2D eigenvalue weighted by Gasteiger charge is -2.34. The second kappa shape index (κ2) is 3.73. The van der Waals surface area contributed by atoms with E-state index in [1.807, 2.05) is 13.8 Å². The van der Waals surface area contributed by atoms with Gasteiger partial charge >= 0.3 is 0 Å². The number of hydrogen-bond donors (Lipinski definition) is 2. The van der Waals surface area contributed by atoms with Crippen molar-refractivity contribution in [3.8, 4) is 0 Å². The molecule has 1 fully saturated rings. The van der Waals surface area contributed by atoms with E-state index in [0.29, 0.717) is 11.7 Å². The van der Waals surface area contributed by atoms with Gasteiger partial charge in [-0.1, -0.05) is 5.16 Å². The van der Waals surface area contributed by atoms with Gasteiger partial charge < -0.3 is 16.0 Å². The van der Waals surface area contributed by atoms with Crippen LogP contribution in [0.4, 0.5) is 0 Å². The Morgan fingerprint density at radius 1 is 1.40 bits per heavy atom. The monoisotopic (exact) mass is 232 g/mol. The molecule has 0 saturated heterocycles. The van der Waals surface area contributed by atoms with Crippen molar-refractivity contribution < 1.29 is 4.52 Å². The molecular formula is C9H17ClN4O. The summed E-state index contributed by atoms with van der Waals surface area (Å²) in [4.78, 5) is 4.25. The lowest BCUT2D eigenvalue weighted by molar-refractivity contribution is 0.227. The van der Waals surface area contributed by atoms with Gasteiger partial charge in [0.05, 0.1) is 11.1 Å². The summed E-state index contributed by atoms with van der Waals surface area (Å²) in [6.07, 6.45) is 2.99. The van der Waals surface area contributed by atoms with Crippen LogP contribution < -0.4 is 11.5 Å². The highest BCUT2D eigenvalue weighted by Crippen LogP contribution is 2.37. The van der Waals surface area contributed by atoms with Crippen LogP contribution in [0, 0.1) is 0 Å². The highest BCUT2D eigenvalue weighted by Gasteiger charge is 2.39. The van der Waals surface area contributed by atoms with E-state index in [9.17, 15) is 0 Å². The largest absolute Gasteiger partial charge is 0.337 e. The molecule has 1 aliphatic carbocycles. The average Bonchev–Trinajstić information content (AvgIpc) is 2.46. The zero-order chi connectivity index (χ0) is 10.4. The van der Waals surface area contributed by atoms with Crippen LogP contribution in [-0.2, 0) is 11.1 Å². The number of hydrogen-bond acceptors (Lipinski definition) is 5. The van der Waals surface area contributed by atoms with Crippen LogP contribution in [0.3, 0.4) is 0 Å². The average molecular weight is 233 g/mol. The van der Waals surface area contributed by atoms with Crippen molar-refractivity contribution in [3.63, 3.8) is 0 Å². The smallest absolute Gasteiger partial charge is 0.246 e. The van der Waals surface area contributed by atoms with Gasteiger partial charge in [-0.2, -0.15) is 4.98 Å². The molecule has 5 nitrogen and oxygen atoms in total.